The number of nitrogens with zero attached hydrogens (tertiary/aromatic N) is 5. The molecule has 0 unspecified atom stereocenters. The number of aromatic nitrogens is 4. The van der Waals surface area contributed by atoms with Crippen molar-refractivity contribution in [2.45, 2.75) is 37.8 Å². The predicted octanol–water partition coefficient (Wildman–Crippen LogP) is 4.82. The normalized spacial score (nSPS) is 19.9. The molecule has 8 rings (SSSR count). The zero-order valence-corrected chi connectivity index (χ0v) is 29.0. The first kappa shape index (κ1) is 32.0. The molecule has 3 aromatic heterocycles. The highest BCUT2D eigenvalue weighted by Crippen LogP contribution is 2.46. The van der Waals surface area contributed by atoms with Crippen LogP contribution in [0, 0.1) is 6.92 Å². The van der Waals surface area contributed by atoms with Crippen LogP contribution in [0.15, 0.2) is 64.3 Å². The zero-order valence-electron chi connectivity index (χ0n) is 28.3. The molecule has 2 atom stereocenters. The number of fused-ring (bicyclic) bond motifs is 2. The summed E-state index contributed by atoms with van der Waals surface area (Å²) < 4.78 is 8.46. The zero-order chi connectivity index (χ0) is 34.9. The lowest BCUT2D eigenvalue weighted by molar-refractivity contribution is 0.219. The topological polar surface area (TPSA) is 135 Å². The second-order valence-corrected chi connectivity index (χ2v) is 13.9. The van der Waals surface area contributed by atoms with Crippen LogP contribution >= 0.6 is 11.6 Å². The van der Waals surface area contributed by atoms with Crippen LogP contribution < -0.4 is 31.9 Å². The molecule has 2 fully saturated rings. The number of methoxy groups -OCH3 is 1. The quantitative estimate of drug-likeness (QED) is 0.231. The number of hydrogen-bond acceptors (Lipinski definition) is 8. The summed E-state index contributed by atoms with van der Waals surface area (Å²) in [6, 6.07) is 15.7. The maximum absolute atomic E-state index is 13.2. The van der Waals surface area contributed by atoms with E-state index in [4.69, 9.17) is 21.3 Å². The lowest BCUT2D eigenvalue weighted by Crippen LogP contribution is -2.46. The third-order valence-electron chi connectivity index (χ3n) is 10.6. The van der Waals surface area contributed by atoms with Crippen molar-refractivity contribution in [2.24, 2.45) is 14.1 Å². The van der Waals surface area contributed by atoms with Gasteiger partial charge in [0.2, 0.25) is 5.88 Å². The van der Waals surface area contributed by atoms with Crippen molar-refractivity contribution in [3.8, 4) is 28.3 Å². The number of nitrogens with one attached hydrogen (secondary N) is 3. The molecular formula is C37H37ClN8O4. The predicted molar refractivity (Wildman–Crippen MR) is 193 cm³/mol. The molecule has 5 aromatic rings. The van der Waals surface area contributed by atoms with Crippen LogP contribution in [-0.4, -0.2) is 62.3 Å². The van der Waals surface area contributed by atoms with Crippen LogP contribution in [0.3, 0.4) is 0 Å². The van der Waals surface area contributed by atoms with E-state index >= 15 is 0 Å². The summed E-state index contributed by atoms with van der Waals surface area (Å²) in [5.41, 5.74) is 6.70. The molecule has 1 aliphatic carbocycles. The first-order chi connectivity index (χ1) is 24.1. The molecule has 13 heteroatoms. The van der Waals surface area contributed by atoms with Gasteiger partial charge >= 0.3 is 11.7 Å². The van der Waals surface area contributed by atoms with Gasteiger partial charge in [-0.1, -0.05) is 41.9 Å². The Morgan fingerprint density at radius 1 is 1.04 bits per heavy atom. The highest BCUT2D eigenvalue weighted by molar-refractivity contribution is 6.36. The van der Waals surface area contributed by atoms with Crippen LogP contribution in [0.25, 0.3) is 33.3 Å². The number of halogens is 1. The maximum atomic E-state index is 13.2. The van der Waals surface area contributed by atoms with E-state index in [1.54, 1.807) is 26.4 Å². The number of amides is 2. The van der Waals surface area contributed by atoms with Crippen molar-refractivity contribution in [3.63, 3.8) is 0 Å². The van der Waals surface area contributed by atoms with Gasteiger partial charge in [-0.3, -0.25) is 18.8 Å². The summed E-state index contributed by atoms with van der Waals surface area (Å²) in [5.74, 6) is 0.963. The van der Waals surface area contributed by atoms with Gasteiger partial charge in [0, 0.05) is 68.3 Å². The van der Waals surface area contributed by atoms with Gasteiger partial charge in [-0.25, -0.2) is 19.6 Å². The molecule has 2 amide bonds. The summed E-state index contributed by atoms with van der Waals surface area (Å²) >= 11 is 7.23. The van der Waals surface area contributed by atoms with E-state index in [1.165, 1.54) is 17.2 Å². The molecule has 256 valence electrons. The number of carbonyl (C=O) groups is 1. The molecular weight excluding hydrogens is 656 g/mol. The van der Waals surface area contributed by atoms with Gasteiger partial charge in [0.25, 0.3) is 5.56 Å². The molecule has 2 aliphatic heterocycles. The monoisotopic (exact) mass is 692 g/mol. The molecule has 3 N–H and O–H groups in total. The maximum Gasteiger partial charge on any atom is 0.330 e. The second-order valence-electron chi connectivity index (χ2n) is 13.5. The number of likely N-dealkylation sites (tertiary alicyclic amines) is 1. The summed E-state index contributed by atoms with van der Waals surface area (Å²) in [6.07, 6.45) is 4.33. The van der Waals surface area contributed by atoms with Crippen molar-refractivity contribution < 1.29 is 9.53 Å². The molecule has 5 heterocycles. The molecule has 0 saturated carbocycles. The first-order valence-electron chi connectivity index (χ1n) is 16.7. The average molecular weight is 693 g/mol. The Kier molecular flexibility index (Phi) is 7.68. The lowest BCUT2D eigenvalue weighted by Gasteiger charge is -2.28. The van der Waals surface area contributed by atoms with E-state index in [0.29, 0.717) is 34.2 Å². The molecule has 12 nitrogen and oxygen atoms in total. The fraction of sp³-hybridized carbons (Fsp3) is 0.324. The van der Waals surface area contributed by atoms with Crippen molar-refractivity contribution in [1.82, 2.24) is 34.6 Å². The number of benzene rings is 2. The highest BCUT2D eigenvalue weighted by atomic mass is 35.5. The van der Waals surface area contributed by atoms with E-state index in [9.17, 15) is 14.4 Å². The molecule has 2 saturated heterocycles. The van der Waals surface area contributed by atoms with Crippen LogP contribution in [0.2, 0.25) is 5.02 Å². The fourth-order valence-corrected chi connectivity index (χ4v) is 8.31. The van der Waals surface area contributed by atoms with Crippen LogP contribution in [0.1, 0.15) is 35.6 Å². The van der Waals surface area contributed by atoms with Gasteiger partial charge in [-0.15, -0.1) is 0 Å². The number of anilines is 2. The molecule has 0 radical (unpaired) electrons. The van der Waals surface area contributed by atoms with Crippen LogP contribution in [0.5, 0.6) is 5.88 Å². The number of aryl methyl sites for hydroxylation is 2. The average Bonchev–Trinajstić information content (AvgIpc) is 3.84. The van der Waals surface area contributed by atoms with Gasteiger partial charge in [-0.05, 0) is 61.1 Å². The number of urea groups is 1. The SMILES string of the molecule is COc1nc(-c2cccc(-c3cccc(Nc4nccc5c4c(=O)n(C)c(=O)n5C)c3C)c2Cl)cc2c1[C@H](N1CC[C@@]3(CNC(=O)N3)C1)CC2. The Labute approximate surface area is 293 Å². The Morgan fingerprint density at radius 3 is 2.60 bits per heavy atom. The number of carbonyl (C=O) groups excluding carboxylic acids is 1. The first-order valence-corrected chi connectivity index (χ1v) is 17.1. The van der Waals surface area contributed by atoms with Gasteiger partial charge in [0.05, 0.1) is 28.9 Å². The van der Waals surface area contributed by atoms with E-state index in [0.717, 1.165) is 76.1 Å². The van der Waals surface area contributed by atoms with Gasteiger partial charge in [-0.2, -0.15) is 0 Å². The molecule has 3 aliphatic rings. The third-order valence-corrected chi connectivity index (χ3v) is 11.1. The second kappa shape index (κ2) is 12.0. The number of rotatable bonds is 6. The van der Waals surface area contributed by atoms with Crippen LogP contribution in [-0.2, 0) is 20.5 Å². The molecule has 0 bridgehead atoms. The van der Waals surface area contributed by atoms with Crippen molar-refractivity contribution in [2.75, 3.05) is 32.1 Å². The van der Waals surface area contributed by atoms with Crippen molar-refractivity contribution in [3.05, 3.63) is 97.3 Å². The Morgan fingerprint density at radius 2 is 1.82 bits per heavy atom. The summed E-state index contributed by atoms with van der Waals surface area (Å²) in [6.45, 7) is 4.32. The van der Waals surface area contributed by atoms with E-state index in [-0.39, 0.29) is 17.6 Å². The largest absolute Gasteiger partial charge is 0.481 e. The lowest BCUT2D eigenvalue weighted by atomic mass is 9.96. The molecule has 1 spiro atoms. The Hall–Kier alpha value is -5.20. The van der Waals surface area contributed by atoms with E-state index in [1.807, 2.05) is 43.3 Å². The van der Waals surface area contributed by atoms with Crippen LogP contribution in [0.4, 0.5) is 16.3 Å². The van der Waals surface area contributed by atoms with Gasteiger partial charge in [0.1, 0.15) is 11.2 Å². The smallest absolute Gasteiger partial charge is 0.330 e. The number of pyridine rings is 2. The Balaban J connectivity index is 1.13. The molecule has 2 aromatic carbocycles. The Bertz CT molecular complexity index is 2350. The van der Waals surface area contributed by atoms with Gasteiger partial charge < -0.3 is 20.7 Å². The number of ether oxygens (including phenoxy) is 1. The summed E-state index contributed by atoms with van der Waals surface area (Å²) in [7, 11) is 4.76. The fourth-order valence-electron chi connectivity index (χ4n) is 7.98. The van der Waals surface area contributed by atoms with Crippen molar-refractivity contribution >= 4 is 40.0 Å². The third kappa shape index (κ3) is 5.04. The van der Waals surface area contributed by atoms with E-state index < -0.39 is 11.2 Å². The van der Waals surface area contributed by atoms with E-state index in [2.05, 4.69) is 31.9 Å². The minimum absolute atomic E-state index is 0.0946. The minimum atomic E-state index is -0.421. The highest BCUT2D eigenvalue weighted by Gasteiger charge is 2.46. The minimum Gasteiger partial charge on any atom is -0.481 e. The summed E-state index contributed by atoms with van der Waals surface area (Å²) in [4.78, 5) is 49.6. The van der Waals surface area contributed by atoms with Crippen molar-refractivity contribution in [1.29, 1.82) is 0 Å². The molecule has 50 heavy (non-hydrogen) atoms. The number of hydrogen-bond donors (Lipinski definition) is 3. The standard InChI is InChI=1S/C37H37ClN8O4/c1-20-22(7-6-10-25(20)41-32-30-27(13-15-39-32)44(2)36(49)45(3)34(30)47)23-8-5-9-24(31(23)38)26-17-21-11-12-28(29(21)33(42-26)50-4)46-16-14-37(19-46)18-40-35(48)43-37/h5-10,13,15,17,28H,11-12,14,16,18-19H2,1-4H3,(H,39,41)(H2,40,43,48)/t28-,37-/m1/s1. The summed E-state index contributed by atoms with van der Waals surface area (Å²) in [5, 5.41) is 10.3. The van der Waals surface area contributed by atoms with Gasteiger partial charge in [0.15, 0.2) is 0 Å².